The van der Waals surface area contributed by atoms with Crippen LogP contribution < -0.4 is 0 Å². The van der Waals surface area contributed by atoms with E-state index < -0.39 is 5.60 Å². The summed E-state index contributed by atoms with van der Waals surface area (Å²) in [5.74, 6) is 0.0178. The highest BCUT2D eigenvalue weighted by Crippen LogP contribution is 2.34. The zero-order valence-electron chi connectivity index (χ0n) is 15.2. The first-order valence-electron chi connectivity index (χ1n) is 8.78. The molecule has 7 heteroatoms. The SMILES string of the molecule is CN(C)C(=O)Cn1cc(CN2CCC(O)(c3cccc(Cl)c3)CC2)cn1. The van der Waals surface area contributed by atoms with Crippen molar-refractivity contribution in [2.75, 3.05) is 27.2 Å². The van der Waals surface area contributed by atoms with Gasteiger partial charge in [-0.2, -0.15) is 5.10 Å². The predicted octanol–water partition coefficient (Wildman–Crippen LogP) is 2.11. The van der Waals surface area contributed by atoms with Gasteiger partial charge in [0.1, 0.15) is 6.54 Å². The van der Waals surface area contributed by atoms with Crippen molar-refractivity contribution in [2.45, 2.75) is 31.5 Å². The normalized spacial score (nSPS) is 17.2. The quantitative estimate of drug-likeness (QED) is 0.868. The summed E-state index contributed by atoms with van der Waals surface area (Å²) in [6, 6.07) is 7.49. The molecule has 0 spiro atoms. The second kappa shape index (κ2) is 7.78. The number of hydrogen-bond donors (Lipinski definition) is 1. The van der Waals surface area contributed by atoms with Crippen LogP contribution in [0.5, 0.6) is 0 Å². The lowest BCUT2D eigenvalue weighted by Crippen LogP contribution is -2.42. The topological polar surface area (TPSA) is 61.6 Å². The molecule has 0 saturated carbocycles. The van der Waals surface area contributed by atoms with Crippen LogP contribution in [0.2, 0.25) is 5.02 Å². The van der Waals surface area contributed by atoms with Crippen LogP contribution in [-0.4, -0.2) is 57.8 Å². The van der Waals surface area contributed by atoms with Gasteiger partial charge in [-0.15, -0.1) is 0 Å². The fourth-order valence-electron chi connectivity index (χ4n) is 3.26. The van der Waals surface area contributed by atoms with Gasteiger partial charge in [0.2, 0.25) is 5.91 Å². The molecule has 1 amide bonds. The number of benzene rings is 1. The van der Waals surface area contributed by atoms with Crippen LogP contribution in [0.3, 0.4) is 0 Å². The highest BCUT2D eigenvalue weighted by Gasteiger charge is 2.34. The standard InChI is InChI=1S/C19H25ClN4O2/c1-22(2)18(25)14-24-13-15(11-21-24)12-23-8-6-19(26,7-9-23)16-4-3-5-17(20)10-16/h3-5,10-11,13,26H,6-9,12,14H2,1-2H3. The minimum absolute atomic E-state index is 0.0178. The zero-order chi connectivity index (χ0) is 18.7. The molecule has 1 aromatic carbocycles. The molecule has 1 aliphatic heterocycles. The smallest absolute Gasteiger partial charge is 0.243 e. The molecular formula is C19H25ClN4O2. The summed E-state index contributed by atoms with van der Waals surface area (Å²) in [6.45, 7) is 2.61. The largest absolute Gasteiger partial charge is 0.385 e. The number of halogens is 1. The first kappa shape index (κ1) is 18.9. The number of nitrogens with zero attached hydrogens (tertiary/aromatic N) is 4. The molecule has 0 aliphatic carbocycles. The van der Waals surface area contributed by atoms with Crippen LogP contribution in [0.4, 0.5) is 0 Å². The molecule has 0 radical (unpaired) electrons. The Labute approximate surface area is 159 Å². The molecule has 1 fully saturated rings. The molecule has 2 heterocycles. The number of likely N-dealkylation sites (tertiary alicyclic amines) is 1. The summed E-state index contributed by atoms with van der Waals surface area (Å²) in [4.78, 5) is 15.6. The highest BCUT2D eigenvalue weighted by atomic mass is 35.5. The Bertz CT molecular complexity index is 766. The van der Waals surface area contributed by atoms with Crippen molar-refractivity contribution in [1.29, 1.82) is 0 Å². The number of piperidine rings is 1. The van der Waals surface area contributed by atoms with Crippen molar-refractivity contribution in [3.05, 3.63) is 52.8 Å². The summed E-state index contributed by atoms with van der Waals surface area (Å²) >= 11 is 6.06. The van der Waals surface area contributed by atoms with E-state index in [2.05, 4.69) is 10.00 Å². The molecule has 3 rings (SSSR count). The van der Waals surface area contributed by atoms with Crippen molar-refractivity contribution in [3.8, 4) is 0 Å². The number of likely N-dealkylation sites (N-methyl/N-ethyl adjacent to an activating group) is 1. The lowest BCUT2D eigenvalue weighted by molar-refractivity contribution is -0.129. The Morgan fingerprint density at radius 1 is 1.35 bits per heavy atom. The fourth-order valence-corrected chi connectivity index (χ4v) is 3.45. The van der Waals surface area contributed by atoms with Gasteiger partial charge in [0, 0.05) is 50.5 Å². The number of aliphatic hydroxyl groups is 1. The van der Waals surface area contributed by atoms with E-state index in [1.807, 2.05) is 30.5 Å². The summed E-state index contributed by atoms with van der Waals surface area (Å²) < 4.78 is 1.67. The summed E-state index contributed by atoms with van der Waals surface area (Å²) in [7, 11) is 3.48. The Balaban J connectivity index is 1.56. The third kappa shape index (κ3) is 4.44. The second-order valence-corrected chi connectivity index (χ2v) is 7.59. The third-order valence-electron chi connectivity index (χ3n) is 4.93. The monoisotopic (exact) mass is 376 g/mol. The van der Waals surface area contributed by atoms with E-state index in [1.165, 1.54) is 0 Å². The van der Waals surface area contributed by atoms with Crippen LogP contribution in [-0.2, 0) is 23.5 Å². The number of hydrogen-bond acceptors (Lipinski definition) is 4. The molecule has 2 aromatic rings. The number of carbonyl (C=O) groups excluding carboxylic acids is 1. The van der Waals surface area contributed by atoms with E-state index in [0.29, 0.717) is 17.9 Å². The average molecular weight is 377 g/mol. The van der Waals surface area contributed by atoms with E-state index in [4.69, 9.17) is 11.6 Å². The van der Waals surface area contributed by atoms with Crippen LogP contribution in [0, 0.1) is 0 Å². The van der Waals surface area contributed by atoms with Crippen molar-refractivity contribution < 1.29 is 9.90 Å². The predicted molar refractivity (Wildman–Crippen MR) is 101 cm³/mol. The number of rotatable bonds is 5. The minimum Gasteiger partial charge on any atom is -0.385 e. The van der Waals surface area contributed by atoms with E-state index in [1.54, 1.807) is 29.9 Å². The lowest BCUT2D eigenvalue weighted by Gasteiger charge is -2.38. The molecule has 6 nitrogen and oxygen atoms in total. The first-order valence-corrected chi connectivity index (χ1v) is 9.16. The van der Waals surface area contributed by atoms with Gasteiger partial charge in [-0.1, -0.05) is 23.7 Å². The van der Waals surface area contributed by atoms with E-state index in [-0.39, 0.29) is 12.5 Å². The maximum Gasteiger partial charge on any atom is 0.243 e. The van der Waals surface area contributed by atoms with Crippen molar-refractivity contribution in [2.24, 2.45) is 0 Å². The van der Waals surface area contributed by atoms with Crippen LogP contribution in [0.15, 0.2) is 36.7 Å². The van der Waals surface area contributed by atoms with Gasteiger partial charge in [0.15, 0.2) is 0 Å². The van der Waals surface area contributed by atoms with Gasteiger partial charge < -0.3 is 10.0 Å². The van der Waals surface area contributed by atoms with E-state index in [9.17, 15) is 9.90 Å². The maximum atomic E-state index is 11.8. The molecule has 26 heavy (non-hydrogen) atoms. The summed E-state index contributed by atoms with van der Waals surface area (Å²) in [5.41, 5.74) is 1.15. The van der Waals surface area contributed by atoms with E-state index in [0.717, 1.165) is 30.8 Å². The van der Waals surface area contributed by atoms with Crippen LogP contribution in [0.1, 0.15) is 24.0 Å². The van der Waals surface area contributed by atoms with Gasteiger partial charge in [-0.25, -0.2) is 0 Å². The summed E-state index contributed by atoms with van der Waals surface area (Å²) in [5, 5.41) is 15.9. The molecule has 1 N–H and O–H groups in total. The van der Waals surface area contributed by atoms with Crippen LogP contribution >= 0.6 is 11.6 Å². The lowest BCUT2D eigenvalue weighted by atomic mass is 9.84. The van der Waals surface area contributed by atoms with Gasteiger partial charge in [0.05, 0.1) is 11.8 Å². The third-order valence-corrected chi connectivity index (χ3v) is 5.17. The number of aromatic nitrogens is 2. The minimum atomic E-state index is -0.816. The first-order chi connectivity index (χ1) is 12.4. The molecule has 0 bridgehead atoms. The molecule has 0 atom stereocenters. The van der Waals surface area contributed by atoms with E-state index >= 15 is 0 Å². The second-order valence-electron chi connectivity index (χ2n) is 7.15. The molecule has 1 aliphatic rings. The Morgan fingerprint density at radius 2 is 2.08 bits per heavy atom. The van der Waals surface area contributed by atoms with Crippen molar-refractivity contribution >= 4 is 17.5 Å². The molecule has 0 unspecified atom stereocenters. The number of amides is 1. The average Bonchev–Trinajstić information content (AvgIpc) is 3.04. The molecular weight excluding hydrogens is 352 g/mol. The summed E-state index contributed by atoms with van der Waals surface area (Å²) in [6.07, 6.45) is 5.06. The molecule has 140 valence electrons. The Morgan fingerprint density at radius 3 is 2.73 bits per heavy atom. The number of carbonyl (C=O) groups is 1. The zero-order valence-corrected chi connectivity index (χ0v) is 16.0. The van der Waals surface area contributed by atoms with Gasteiger partial charge in [-0.05, 0) is 30.5 Å². The van der Waals surface area contributed by atoms with Crippen molar-refractivity contribution in [3.63, 3.8) is 0 Å². The Kier molecular flexibility index (Phi) is 5.65. The van der Waals surface area contributed by atoms with Crippen molar-refractivity contribution in [1.82, 2.24) is 19.6 Å². The molecule has 1 aromatic heterocycles. The van der Waals surface area contributed by atoms with Gasteiger partial charge >= 0.3 is 0 Å². The highest BCUT2D eigenvalue weighted by molar-refractivity contribution is 6.30. The fraction of sp³-hybridized carbons (Fsp3) is 0.474. The maximum absolute atomic E-state index is 11.8. The van der Waals surface area contributed by atoms with Gasteiger partial charge in [-0.3, -0.25) is 14.4 Å². The van der Waals surface area contributed by atoms with Crippen LogP contribution in [0.25, 0.3) is 0 Å². The Hall–Kier alpha value is -1.89. The van der Waals surface area contributed by atoms with Gasteiger partial charge in [0.25, 0.3) is 0 Å². The molecule has 1 saturated heterocycles.